The molecular formula is C8H8N2O2. The quantitative estimate of drug-likeness (QED) is 0.603. The third-order valence-corrected chi connectivity index (χ3v) is 1.91. The van der Waals surface area contributed by atoms with Gasteiger partial charge < -0.3 is 10.0 Å². The van der Waals surface area contributed by atoms with E-state index in [9.17, 15) is 4.79 Å². The van der Waals surface area contributed by atoms with Crippen LogP contribution in [-0.2, 0) is 4.79 Å². The number of carbonyl (C=O) groups is 1. The number of fused-ring (bicyclic) bond motifs is 1. The van der Waals surface area contributed by atoms with E-state index in [1.807, 2.05) is 12.2 Å². The number of hydrogen-bond acceptors (Lipinski definition) is 3. The molecule has 0 saturated heterocycles. The number of aliphatic imine (C=N–C) groups is 1. The molecule has 1 unspecified atom stereocenters. The van der Waals surface area contributed by atoms with Crippen molar-refractivity contribution in [2.24, 2.45) is 4.99 Å². The van der Waals surface area contributed by atoms with Crippen molar-refractivity contribution in [3.8, 4) is 0 Å². The van der Waals surface area contributed by atoms with Crippen molar-refractivity contribution in [1.82, 2.24) is 4.90 Å². The maximum absolute atomic E-state index is 10.7. The van der Waals surface area contributed by atoms with E-state index in [-0.39, 0.29) is 0 Å². The highest BCUT2D eigenvalue weighted by Crippen LogP contribution is 2.15. The monoisotopic (exact) mass is 164 g/mol. The lowest BCUT2D eigenvalue weighted by Crippen LogP contribution is -2.38. The van der Waals surface area contributed by atoms with Crippen LogP contribution in [0.25, 0.3) is 0 Å². The molecule has 1 N–H and O–H groups in total. The van der Waals surface area contributed by atoms with Gasteiger partial charge in [-0.1, -0.05) is 6.08 Å². The topological polar surface area (TPSA) is 52.9 Å². The van der Waals surface area contributed by atoms with Crippen molar-refractivity contribution in [3.05, 3.63) is 24.4 Å². The van der Waals surface area contributed by atoms with Crippen molar-refractivity contribution >= 4 is 11.8 Å². The van der Waals surface area contributed by atoms with Crippen LogP contribution in [-0.4, -0.2) is 34.4 Å². The molecule has 12 heavy (non-hydrogen) atoms. The van der Waals surface area contributed by atoms with Crippen LogP contribution in [0.5, 0.6) is 0 Å². The Labute approximate surface area is 69.5 Å². The highest BCUT2D eigenvalue weighted by Gasteiger charge is 2.30. The fourth-order valence-electron chi connectivity index (χ4n) is 1.31. The summed E-state index contributed by atoms with van der Waals surface area (Å²) in [6.45, 7) is 0.347. The number of nitrogens with zero attached hydrogens (tertiary/aromatic N) is 2. The molecule has 2 rings (SSSR count). The van der Waals surface area contributed by atoms with Crippen LogP contribution in [0.4, 0.5) is 0 Å². The van der Waals surface area contributed by atoms with E-state index in [1.54, 1.807) is 17.2 Å². The first-order valence-corrected chi connectivity index (χ1v) is 3.69. The van der Waals surface area contributed by atoms with Crippen molar-refractivity contribution in [2.45, 2.75) is 6.04 Å². The first-order valence-electron chi connectivity index (χ1n) is 3.69. The predicted molar refractivity (Wildman–Crippen MR) is 43.8 cm³/mol. The third kappa shape index (κ3) is 0.922. The summed E-state index contributed by atoms with van der Waals surface area (Å²) in [4.78, 5) is 16.4. The molecule has 4 heteroatoms. The standard InChI is InChI=1S/C8H8N2O2/c11-8(12)6-5-9-7-3-1-2-4-10(6)7/h1-4,6H,5H2,(H,11,12). The van der Waals surface area contributed by atoms with Gasteiger partial charge in [0.05, 0.1) is 6.54 Å². The number of hydrogen-bond donors (Lipinski definition) is 1. The van der Waals surface area contributed by atoms with E-state index in [2.05, 4.69) is 4.99 Å². The Morgan fingerprint density at radius 1 is 1.67 bits per heavy atom. The van der Waals surface area contributed by atoms with Crippen molar-refractivity contribution in [2.75, 3.05) is 6.54 Å². The Hall–Kier alpha value is -1.58. The summed E-state index contributed by atoms with van der Waals surface area (Å²) < 4.78 is 0. The molecule has 0 aromatic rings. The summed E-state index contributed by atoms with van der Waals surface area (Å²) in [6.07, 6.45) is 7.20. The van der Waals surface area contributed by atoms with Gasteiger partial charge in [-0.3, -0.25) is 4.99 Å². The van der Waals surface area contributed by atoms with Crippen molar-refractivity contribution in [1.29, 1.82) is 0 Å². The van der Waals surface area contributed by atoms with Gasteiger partial charge in [0.1, 0.15) is 5.84 Å². The molecule has 1 atom stereocenters. The van der Waals surface area contributed by atoms with Gasteiger partial charge in [-0.25, -0.2) is 4.79 Å². The minimum absolute atomic E-state index is 0.347. The van der Waals surface area contributed by atoms with Crippen LogP contribution in [0.15, 0.2) is 29.4 Å². The molecule has 0 aliphatic carbocycles. The van der Waals surface area contributed by atoms with E-state index in [0.717, 1.165) is 5.84 Å². The third-order valence-electron chi connectivity index (χ3n) is 1.91. The van der Waals surface area contributed by atoms with Crippen molar-refractivity contribution in [3.63, 3.8) is 0 Å². The number of aliphatic carboxylic acids is 1. The maximum atomic E-state index is 10.7. The van der Waals surface area contributed by atoms with Gasteiger partial charge in [-0.05, 0) is 12.2 Å². The van der Waals surface area contributed by atoms with Crippen LogP contribution in [0.3, 0.4) is 0 Å². The zero-order valence-electron chi connectivity index (χ0n) is 6.34. The van der Waals surface area contributed by atoms with E-state index in [0.29, 0.717) is 6.54 Å². The number of carboxylic acids is 1. The Morgan fingerprint density at radius 2 is 2.50 bits per heavy atom. The molecule has 0 spiro atoms. The average molecular weight is 164 g/mol. The van der Waals surface area contributed by atoms with Gasteiger partial charge in [0.15, 0.2) is 6.04 Å². The minimum Gasteiger partial charge on any atom is -0.480 e. The lowest BCUT2D eigenvalue weighted by molar-refractivity contribution is -0.140. The first kappa shape index (κ1) is 7.09. The highest BCUT2D eigenvalue weighted by molar-refractivity contribution is 5.99. The largest absolute Gasteiger partial charge is 0.480 e. The molecule has 4 nitrogen and oxygen atoms in total. The minimum atomic E-state index is -0.825. The van der Waals surface area contributed by atoms with Gasteiger partial charge in [0.2, 0.25) is 0 Å². The van der Waals surface area contributed by atoms with E-state index >= 15 is 0 Å². The lowest BCUT2D eigenvalue weighted by atomic mass is 10.2. The molecule has 0 aromatic carbocycles. The number of allylic oxidation sites excluding steroid dienone is 2. The van der Waals surface area contributed by atoms with E-state index in [4.69, 9.17) is 5.11 Å². The summed E-state index contributed by atoms with van der Waals surface area (Å²) >= 11 is 0. The Bertz CT molecular complexity index is 304. The van der Waals surface area contributed by atoms with Crippen LogP contribution in [0, 0.1) is 0 Å². The van der Waals surface area contributed by atoms with E-state index < -0.39 is 12.0 Å². The SMILES string of the molecule is O=C(O)C1CN=C2C=CC=CN21. The molecule has 0 fully saturated rings. The van der Waals surface area contributed by atoms with Crippen LogP contribution < -0.4 is 0 Å². The molecule has 0 radical (unpaired) electrons. The number of amidine groups is 1. The predicted octanol–water partition coefficient (Wildman–Crippen LogP) is 0.237. The second-order valence-electron chi connectivity index (χ2n) is 2.66. The maximum Gasteiger partial charge on any atom is 0.328 e. The summed E-state index contributed by atoms with van der Waals surface area (Å²) in [6, 6.07) is -0.513. The molecule has 0 saturated carbocycles. The zero-order chi connectivity index (χ0) is 8.55. The molecule has 0 bridgehead atoms. The Kier molecular flexibility index (Phi) is 1.46. The van der Waals surface area contributed by atoms with Gasteiger partial charge >= 0.3 is 5.97 Å². The molecule has 2 aliphatic heterocycles. The summed E-state index contributed by atoms with van der Waals surface area (Å²) in [7, 11) is 0. The summed E-state index contributed by atoms with van der Waals surface area (Å²) in [5.74, 6) is -0.0846. The van der Waals surface area contributed by atoms with Crippen LogP contribution in [0.2, 0.25) is 0 Å². The van der Waals surface area contributed by atoms with Gasteiger partial charge in [0, 0.05) is 6.20 Å². The molecule has 2 heterocycles. The second kappa shape index (κ2) is 2.48. The van der Waals surface area contributed by atoms with Gasteiger partial charge in [0.25, 0.3) is 0 Å². The highest BCUT2D eigenvalue weighted by atomic mass is 16.4. The molecule has 0 aromatic heterocycles. The lowest BCUT2D eigenvalue weighted by Gasteiger charge is -2.20. The van der Waals surface area contributed by atoms with Crippen molar-refractivity contribution < 1.29 is 9.90 Å². The molecular weight excluding hydrogens is 156 g/mol. The molecule has 2 aliphatic rings. The zero-order valence-corrected chi connectivity index (χ0v) is 6.34. The van der Waals surface area contributed by atoms with Crippen LogP contribution >= 0.6 is 0 Å². The molecule has 62 valence electrons. The van der Waals surface area contributed by atoms with Gasteiger partial charge in [-0.2, -0.15) is 0 Å². The fraction of sp³-hybridized carbons (Fsp3) is 0.250. The smallest absolute Gasteiger partial charge is 0.328 e. The average Bonchev–Trinajstić information content (AvgIpc) is 2.47. The number of rotatable bonds is 1. The Balaban J connectivity index is 2.25. The molecule has 0 amide bonds. The summed E-state index contributed by atoms with van der Waals surface area (Å²) in [5, 5.41) is 8.78. The van der Waals surface area contributed by atoms with Gasteiger partial charge in [-0.15, -0.1) is 0 Å². The Morgan fingerprint density at radius 3 is 3.25 bits per heavy atom. The fourth-order valence-corrected chi connectivity index (χ4v) is 1.31. The number of carboxylic acid groups (broad SMARTS) is 1. The summed E-state index contributed by atoms with van der Waals surface area (Å²) in [5.41, 5.74) is 0. The normalized spacial score (nSPS) is 25.5. The van der Waals surface area contributed by atoms with Crippen LogP contribution in [0.1, 0.15) is 0 Å². The second-order valence-corrected chi connectivity index (χ2v) is 2.66. The first-order chi connectivity index (χ1) is 5.79. The van der Waals surface area contributed by atoms with E-state index in [1.165, 1.54) is 0 Å².